The van der Waals surface area contributed by atoms with Crippen molar-refractivity contribution < 1.29 is 9.59 Å². The van der Waals surface area contributed by atoms with Crippen molar-refractivity contribution in [2.45, 2.75) is 12.8 Å². The van der Waals surface area contributed by atoms with Crippen LogP contribution in [0.2, 0.25) is 0 Å². The van der Waals surface area contributed by atoms with Gasteiger partial charge in [0.2, 0.25) is 5.91 Å². The summed E-state index contributed by atoms with van der Waals surface area (Å²) in [6, 6.07) is 25.8. The maximum Gasteiger partial charge on any atom is 0.323 e. The van der Waals surface area contributed by atoms with E-state index in [4.69, 9.17) is 0 Å². The summed E-state index contributed by atoms with van der Waals surface area (Å²) in [5.41, 5.74) is 3.08. The molecule has 0 saturated heterocycles. The molecule has 0 aliphatic heterocycles. The lowest BCUT2D eigenvalue weighted by atomic mass is 10.1. The van der Waals surface area contributed by atoms with Crippen LogP contribution in [-0.4, -0.2) is 11.9 Å². The minimum absolute atomic E-state index is 0.0651. The molecule has 0 radical (unpaired) electrons. The largest absolute Gasteiger partial charge is 0.326 e. The van der Waals surface area contributed by atoms with Crippen LogP contribution in [-0.2, 0) is 11.2 Å². The lowest BCUT2D eigenvalue weighted by molar-refractivity contribution is -0.116. The van der Waals surface area contributed by atoms with E-state index in [0.717, 1.165) is 5.56 Å². The molecule has 0 spiro atoms. The van der Waals surface area contributed by atoms with Gasteiger partial charge in [0, 0.05) is 23.5 Å². The van der Waals surface area contributed by atoms with Gasteiger partial charge in [0.05, 0.1) is 0 Å². The number of benzene rings is 3. The second-order valence-electron chi connectivity index (χ2n) is 6.06. The Labute approximate surface area is 158 Å². The molecule has 3 N–H and O–H groups in total. The van der Waals surface area contributed by atoms with Gasteiger partial charge in [0.15, 0.2) is 0 Å². The zero-order valence-electron chi connectivity index (χ0n) is 14.8. The van der Waals surface area contributed by atoms with Gasteiger partial charge in [0.1, 0.15) is 0 Å². The number of carbonyl (C=O) groups excluding carboxylic acids is 2. The van der Waals surface area contributed by atoms with Crippen LogP contribution in [0.15, 0.2) is 84.9 Å². The normalized spacial score (nSPS) is 10.1. The van der Waals surface area contributed by atoms with Gasteiger partial charge in [-0.3, -0.25) is 4.79 Å². The molecule has 3 amide bonds. The summed E-state index contributed by atoms with van der Waals surface area (Å²) in [6.45, 7) is 0. The predicted octanol–water partition coefficient (Wildman–Crippen LogP) is 4.90. The third kappa shape index (κ3) is 6.01. The molecule has 0 aliphatic rings. The van der Waals surface area contributed by atoms with E-state index >= 15 is 0 Å². The molecule has 0 atom stereocenters. The predicted molar refractivity (Wildman–Crippen MR) is 109 cm³/mol. The molecule has 5 heteroatoms. The highest BCUT2D eigenvalue weighted by molar-refractivity contribution is 6.00. The number of carbonyl (C=O) groups is 2. The van der Waals surface area contributed by atoms with Crippen LogP contribution in [0.4, 0.5) is 21.9 Å². The number of para-hydroxylation sites is 1. The molecule has 136 valence electrons. The van der Waals surface area contributed by atoms with E-state index in [1.54, 1.807) is 24.3 Å². The molecule has 0 saturated carbocycles. The smallest absolute Gasteiger partial charge is 0.323 e. The first-order valence-electron chi connectivity index (χ1n) is 8.76. The summed E-state index contributed by atoms with van der Waals surface area (Å²) in [5.74, 6) is -0.0651. The van der Waals surface area contributed by atoms with Gasteiger partial charge in [-0.2, -0.15) is 0 Å². The summed E-state index contributed by atoms with van der Waals surface area (Å²) in [7, 11) is 0. The number of rotatable bonds is 6. The Balaban J connectivity index is 1.52. The van der Waals surface area contributed by atoms with Crippen LogP contribution in [0.3, 0.4) is 0 Å². The first kappa shape index (κ1) is 18.2. The van der Waals surface area contributed by atoms with E-state index in [1.165, 1.54) is 0 Å². The summed E-state index contributed by atoms with van der Waals surface area (Å²) in [5, 5.41) is 8.38. The molecule has 5 nitrogen and oxygen atoms in total. The number of nitrogens with one attached hydrogen (secondary N) is 3. The third-order valence-corrected chi connectivity index (χ3v) is 3.92. The third-order valence-electron chi connectivity index (χ3n) is 3.92. The minimum Gasteiger partial charge on any atom is -0.326 e. The van der Waals surface area contributed by atoms with Gasteiger partial charge in [-0.05, 0) is 42.3 Å². The Kier molecular flexibility index (Phi) is 6.20. The Hall–Kier alpha value is -3.60. The van der Waals surface area contributed by atoms with E-state index in [0.29, 0.717) is 29.9 Å². The van der Waals surface area contributed by atoms with E-state index in [9.17, 15) is 9.59 Å². The van der Waals surface area contributed by atoms with Gasteiger partial charge in [-0.1, -0.05) is 54.6 Å². The van der Waals surface area contributed by atoms with Crippen molar-refractivity contribution in [1.82, 2.24) is 0 Å². The number of anilines is 3. The number of amides is 3. The van der Waals surface area contributed by atoms with Crippen LogP contribution in [0, 0.1) is 0 Å². The molecule has 27 heavy (non-hydrogen) atoms. The average molecular weight is 359 g/mol. The highest BCUT2D eigenvalue weighted by atomic mass is 16.2. The van der Waals surface area contributed by atoms with Crippen molar-refractivity contribution in [3.05, 3.63) is 90.5 Å². The quantitative estimate of drug-likeness (QED) is 0.586. The Morgan fingerprint density at radius 1 is 0.630 bits per heavy atom. The summed E-state index contributed by atoms with van der Waals surface area (Å²) in [6.07, 6.45) is 1.08. The van der Waals surface area contributed by atoms with Crippen molar-refractivity contribution in [1.29, 1.82) is 0 Å². The summed E-state index contributed by atoms with van der Waals surface area (Å²) in [4.78, 5) is 24.2. The van der Waals surface area contributed by atoms with Crippen molar-refractivity contribution >= 4 is 29.0 Å². The van der Waals surface area contributed by atoms with Gasteiger partial charge < -0.3 is 16.0 Å². The van der Waals surface area contributed by atoms with E-state index in [1.807, 2.05) is 60.7 Å². The Morgan fingerprint density at radius 3 is 1.89 bits per heavy atom. The van der Waals surface area contributed by atoms with Crippen molar-refractivity contribution in [2.75, 3.05) is 16.0 Å². The van der Waals surface area contributed by atoms with Gasteiger partial charge in [-0.25, -0.2) is 4.79 Å². The van der Waals surface area contributed by atoms with Crippen LogP contribution in [0.25, 0.3) is 0 Å². The maximum atomic E-state index is 12.1. The summed E-state index contributed by atoms with van der Waals surface area (Å²) < 4.78 is 0. The van der Waals surface area contributed by atoms with Crippen LogP contribution in [0.1, 0.15) is 12.0 Å². The molecule has 0 fully saturated rings. The molecule has 3 aromatic rings. The number of urea groups is 1. The topological polar surface area (TPSA) is 70.2 Å². The fourth-order valence-corrected chi connectivity index (χ4v) is 2.62. The van der Waals surface area contributed by atoms with Crippen molar-refractivity contribution in [3.63, 3.8) is 0 Å². The van der Waals surface area contributed by atoms with Gasteiger partial charge >= 0.3 is 6.03 Å². The van der Waals surface area contributed by atoms with Gasteiger partial charge in [-0.15, -0.1) is 0 Å². The number of hydrogen-bond acceptors (Lipinski definition) is 2. The lowest BCUT2D eigenvalue weighted by Gasteiger charge is -2.10. The van der Waals surface area contributed by atoms with E-state index in [-0.39, 0.29) is 11.9 Å². The molecule has 0 unspecified atom stereocenters. The molecule has 0 aromatic heterocycles. The SMILES string of the molecule is O=C(CCc1ccccc1)Nc1cccc(NC(=O)Nc2ccccc2)c1. The van der Waals surface area contributed by atoms with Crippen molar-refractivity contribution in [3.8, 4) is 0 Å². The Bertz CT molecular complexity index is 896. The standard InChI is InChI=1S/C22H21N3O2/c26-21(15-14-17-8-3-1-4-9-17)23-19-12-7-13-20(16-19)25-22(27)24-18-10-5-2-6-11-18/h1-13,16H,14-15H2,(H,23,26)(H2,24,25,27). The molecule has 3 rings (SSSR count). The highest BCUT2D eigenvalue weighted by Gasteiger charge is 2.06. The zero-order valence-corrected chi connectivity index (χ0v) is 14.8. The fourth-order valence-electron chi connectivity index (χ4n) is 2.62. The average Bonchev–Trinajstić information content (AvgIpc) is 2.68. The number of hydrogen-bond donors (Lipinski definition) is 3. The molecular weight excluding hydrogens is 338 g/mol. The second-order valence-corrected chi connectivity index (χ2v) is 6.06. The second kappa shape index (κ2) is 9.20. The van der Waals surface area contributed by atoms with E-state index < -0.39 is 0 Å². The number of aryl methyl sites for hydroxylation is 1. The van der Waals surface area contributed by atoms with E-state index in [2.05, 4.69) is 16.0 Å². The zero-order chi connectivity index (χ0) is 18.9. The van der Waals surface area contributed by atoms with Crippen molar-refractivity contribution in [2.24, 2.45) is 0 Å². The molecule has 0 heterocycles. The molecule has 3 aromatic carbocycles. The lowest BCUT2D eigenvalue weighted by Crippen LogP contribution is -2.19. The first-order chi connectivity index (χ1) is 13.2. The molecule has 0 bridgehead atoms. The molecular formula is C22H21N3O2. The van der Waals surface area contributed by atoms with Gasteiger partial charge in [0.25, 0.3) is 0 Å². The maximum absolute atomic E-state index is 12.1. The highest BCUT2D eigenvalue weighted by Crippen LogP contribution is 2.16. The van der Waals surface area contributed by atoms with Crippen LogP contribution in [0.5, 0.6) is 0 Å². The van der Waals surface area contributed by atoms with Crippen LogP contribution < -0.4 is 16.0 Å². The molecule has 0 aliphatic carbocycles. The Morgan fingerprint density at radius 2 is 1.19 bits per heavy atom. The fraction of sp³-hybridized carbons (Fsp3) is 0.0909. The monoisotopic (exact) mass is 359 g/mol. The van der Waals surface area contributed by atoms with Crippen LogP contribution >= 0.6 is 0 Å². The first-order valence-corrected chi connectivity index (χ1v) is 8.76. The minimum atomic E-state index is -0.339. The summed E-state index contributed by atoms with van der Waals surface area (Å²) >= 11 is 0.